The molecule has 314 valence electrons. The van der Waals surface area contributed by atoms with Crippen LogP contribution in [0.2, 0.25) is 0 Å². The smallest absolute Gasteiger partial charge is 0.256 e. The maximum absolute atomic E-state index is 15.7. The lowest BCUT2D eigenvalue weighted by Gasteiger charge is -2.39. The maximum Gasteiger partial charge on any atom is 0.256 e. The molecule has 61 heavy (non-hydrogen) atoms. The van der Waals surface area contributed by atoms with E-state index in [4.69, 9.17) is 0 Å². The zero-order chi connectivity index (χ0) is 42.0. The summed E-state index contributed by atoms with van der Waals surface area (Å²) < 4.78 is 15.7. The van der Waals surface area contributed by atoms with Gasteiger partial charge in [0.25, 0.3) is 11.8 Å². The standard InChI is InChI=1S/C42H43FN12O5S/c43-32-22-27(21-30-31(32)24-55(41(30)60)37(38-44-9-10-45-38)40(59)50-42-46-11-20-61-42)26-1-3-28(4-2-26)52-16-18-54(19-17-52)36(57)25-51-12-14-53(15-13-51)29-5-7-34(47-23-29)48-33-6-8-35(56)49-39(33)58/h1-5,7,9-11,20-23,33,37H,6,8,12-19,24-25H2,(H,44,45)(H,47,48)(H,46,50,59)(H,49,56,58). The Bertz CT molecular complexity index is 2420. The lowest BCUT2D eigenvalue weighted by Crippen LogP contribution is -2.54. The van der Waals surface area contributed by atoms with E-state index in [1.807, 2.05) is 41.3 Å². The van der Waals surface area contributed by atoms with E-state index in [1.165, 1.54) is 28.5 Å². The number of piperidine rings is 1. The van der Waals surface area contributed by atoms with Gasteiger partial charge in [0.2, 0.25) is 17.7 Å². The number of imide groups is 1. The Hall–Kier alpha value is -6.73. The van der Waals surface area contributed by atoms with Crippen LogP contribution in [0.15, 0.2) is 78.7 Å². The SMILES string of the molecule is O=C1CCC(Nc2ccc(N3CCN(CC(=O)N4CCN(c5ccc(-c6cc(F)c7c(c6)C(=O)N(C(C(=O)Nc6nccs6)c6ncc[nH]6)C7)cc5)CC4)CC3)cn2)C(=O)N1. The Labute approximate surface area is 354 Å². The van der Waals surface area contributed by atoms with Crippen LogP contribution in [-0.2, 0) is 25.7 Å². The van der Waals surface area contributed by atoms with Crippen LogP contribution in [-0.4, -0.2) is 129 Å². The van der Waals surface area contributed by atoms with Crippen LogP contribution >= 0.6 is 11.3 Å². The number of hydrogen-bond donors (Lipinski definition) is 4. The molecule has 5 aromatic rings. The first-order chi connectivity index (χ1) is 29.7. The van der Waals surface area contributed by atoms with Crippen LogP contribution in [0.3, 0.4) is 0 Å². The highest BCUT2D eigenvalue weighted by atomic mass is 32.1. The number of anilines is 4. The number of fused-ring (bicyclic) bond motifs is 1. The van der Waals surface area contributed by atoms with Gasteiger partial charge in [-0.05, 0) is 53.9 Å². The molecule has 17 nitrogen and oxygen atoms in total. The fourth-order valence-corrected chi connectivity index (χ4v) is 8.79. The summed E-state index contributed by atoms with van der Waals surface area (Å²) in [5.74, 6) is -1.16. The minimum atomic E-state index is -1.12. The Morgan fingerprint density at radius 2 is 1.62 bits per heavy atom. The second-order valence-electron chi connectivity index (χ2n) is 15.3. The Morgan fingerprint density at radius 3 is 2.31 bits per heavy atom. The molecule has 0 radical (unpaired) electrons. The molecule has 2 unspecified atom stereocenters. The van der Waals surface area contributed by atoms with E-state index >= 15 is 4.39 Å². The predicted molar refractivity (Wildman–Crippen MR) is 225 cm³/mol. The number of pyridine rings is 1. The third-order valence-electron chi connectivity index (χ3n) is 11.6. The summed E-state index contributed by atoms with van der Waals surface area (Å²) in [6.07, 6.45) is 7.13. The van der Waals surface area contributed by atoms with Crippen molar-refractivity contribution in [3.8, 4) is 11.1 Å². The second-order valence-corrected chi connectivity index (χ2v) is 16.2. The number of aromatic nitrogens is 4. The van der Waals surface area contributed by atoms with Crippen molar-refractivity contribution >= 4 is 63.2 Å². The summed E-state index contributed by atoms with van der Waals surface area (Å²) in [6, 6.07) is 13.0. The van der Waals surface area contributed by atoms with Crippen molar-refractivity contribution in [1.29, 1.82) is 0 Å². The third-order valence-corrected chi connectivity index (χ3v) is 12.3. The molecule has 4 aliphatic heterocycles. The highest BCUT2D eigenvalue weighted by Gasteiger charge is 2.41. The van der Waals surface area contributed by atoms with Gasteiger partial charge in [0.05, 0.1) is 25.0 Å². The van der Waals surface area contributed by atoms with Crippen LogP contribution in [0.4, 0.5) is 26.7 Å². The second kappa shape index (κ2) is 17.1. The van der Waals surface area contributed by atoms with Crippen molar-refractivity contribution < 1.29 is 28.4 Å². The van der Waals surface area contributed by atoms with E-state index in [9.17, 15) is 24.0 Å². The molecule has 2 atom stereocenters. The normalized spacial score (nSPS) is 18.8. The molecule has 4 aliphatic rings. The average molecular weight is 847 g/mol. The first kappa shape index (κ1) is 39.7. The van der Waals surface area contributed by atoms with Crippen molar-refractivity contribution in [1.82, 2.24) is 40.0 Å². The van der Waals surface area contributed by atoms with E-state index in [1.54, 1.807) is 30.0 Å². The monoisotopic (exact) mass is 846 g/mol. The molecule has 2 aromatic carbocycles. The van der Waals surface area contributed by atoms with Crippen LogP contribution in [0.25, 0.3) is 11.1 Å². The summed E-state index contributed by atoms with van der Waals surface area (Å²) in [5.41, 5.74) is 3.66. The van der Waals surface area contributed by atoms with E-state index in [-0.39, 0.29) is 41.2 Å². The first-order valence-corrected chi connectivity index (χ1v) is 21.0. The molecule has 5 amide bonds. The van der Waals surface area contributed by atoms with E-state index in [0.717, 1.165) is 43.1 Å². The third kappa shape index (κ3) is 8.51. The number of hydrogen-bond acceptors (Lipinski definition) is 13. The molecule has 7 heterocycles. The lowest BCUT2D eigenvalue weighted by molar-refractivity contribution is -0.134. The minimum Gasteiger partial charge on any atom is -0.368 e. The molecule has 3 saturated heterocycles. The summed E-state index contributed by atoms with van der Waals surface area (Å²) in [4.78, 5) is 89.8. The molecule has 3 aromatic heterocycles. The molecule has 4 N–H and O–H groups in total. The molecular weight excluding hydrogens is 804 g/mol. The zero-order valence-electron chi connectivity index (χ0n) is 33.1. The van der Waals surface area contributed by atoms with Gasteiger partial charge in [-0.1, -0.05) is 12.1 Å². The van der Waals surface area contributed by atoms with Gasteiger partial charge < -0.3 is 29.9 Å². The summed E-state index contributed by atoms with van der Waals surface area (Å²) >= 11 is 1.25. The number of nitrogens with zero attached hydrogens (tertiary/aromatic N) is 8. The number of piperazine rings is 2. The van der Waals surface area contributed by atoms with Crippen molar-refractivity contribution in [3.05, 3.63) is 101 Å². The summed E-state index contributed by atoms with van der Waals surface area (Å²) in [6.45, 7) is 5.80. The molecule has 0 saturated carbocycles. The van der Waals surface area contributed by atoms with Gasteiger partial charge in [0.15, 0.2) is 11.2 Å². The van der Waals surface area contributed by atoms with E-state index < -0.39 is 29.7 Å². The van der Waals surface area contributed by atoms with Crippen LogP contribution in [0, 0.1) is 5.82 Å². The number of benzene rings is 2. The van der Waals surface area contributed by atoms with Crippen molar-refractivity contribution in [2.24, 2.45) is 0 Å². The van der Waals surface area contributed by atoms with Crippen molar-refractivity contribution in [2.75, 3.05) is 79.3 Å². The summed E-state index contributed by atoms with van der Waals surface area (Å²) in [5, 5.41) is 10.3. The number of thiazole rings is 1. The maximum atomic E-state index is 15.7. The number of rotatable bonds is 11. The number of halogens is 1. The van der Waals surface area contributed by atoms with Gasteiger partial charge >= 0.3 is 0 Å². The molecular formula is C42H43FN12O5S. The van der Waals surface area contributed by atoms with Gasteiger partial charge in [0, 0.05) is 99.6 Å². The van der Waals surface area contributed by atoms with E-state index in [0.29, 0.717) is 62.1 Å². The molecule has 0 aliphatic carbocycles. The Morgan fingerprint density at radius 1 is 0.869 bits per heavy atom. The molecule has 3 fully saturated rings. The number of nitrogens with one attached hydrogen (secondary N) is 4. The van der Waals surface area contributed by atoms with Gasteiger partial charge in [-0.3, -0.25) is 39.5 Å². The highest BCUT2D eigenvalue weighted by Crippen LogP contribution is 2.36. The van der Waals surface area contributed by atoms with Crippen molar-refractivity contribution in [3.63, 3.8) is 0 Å². The van der Waals surface area contributed by atoms with Crippen LogP contribution in [0.5, 0.6) is 0 Å². The van der Waals surface area contributed by atoms with Crippen LogP contribution in [0.1, 0.15) is 40.6 Å². The first-order valence-electron chi connectivity index (χ1n) is 20.2. The molecule has 19 heteroatoms. The Kier molecular flexibility index (Phi) is 11.1. The van der Waals surface area contributed by atoms with Gasteiger partial charge in [-0.15, -0.1) is 11.3 Å². The van der Waals surface area contributed by atoms with Gasteiger partial charge in [-0.25, -0.2) is 19.3 Å². The van der Waals surface area contributed by atoms with Crippen LogP contribution < -0.4 is 25.8 Å². The number of carbonyl (C=O) groups is 5. The average Bonchev–Trinajstić information content (AvgIpc) is 4.07. The number of aromatic amines is 1. The number of imidazole rings is 1. The zero-order valence-corrected chi connectivity index (χ0v) is 33.9. The molecule has 0 spiro atoms. The number of carbonyl (C=O) groups excluding carboxylic acids is 5. The topological polar surface area (TPSA) is 192 Å². The van der Waals surface area contributed by atoms with Gasteiger partial charge in [0.1, 0.15) is 23.5 Å². The lowest BCUT2D eigenvalue weighted by atomic mass is 9.99. The molecule has 0 bridgehead atoms. The quantitative estimate of drug-likeness (QED) is 0.142. The minimum absolute atomic E-state index is 0.0930. The number of H-pyrrole nitrogens is 1. The van der Waals surface area contributed by atoms with Gasteiger partial charge in [-0.2, -0.15) is 0 Å². The van der Waals surface area contributed by atoms with Crippen molar-refractivity contribution in [2.45, 2.75) is 31.5 Å². The molecule has 9 rings (SSSR count). The largest absolute Gasteiger partial charge is 0.368 e. The fraction of sp³-hybridized carbons (Fsp3) is 0.333. The fourth-order valence-electron chi connectivity index (χ4n) is 8.26. The predicted octanol–water partition coefficient (Wildman–Crippen LogP) is 3.09. The van der Waals surface area contributed by atoms with E-state index in [2.05, 4.69) is 50.6 Å². The Balaban J connectivity index is 0.757. The number of amides is 5. The highest BCUT2D eigenvalue weighted by molar-refractivity contribution is 7.13. The summed E-state index contributed by atoms with van der Waals surface area (Å²) in [7, 11) is 0.